The van der Waals surface area contributed by atoms with Crippen LogP contribution in [0.4, 0.5) is 0 Å². The van der Waals surface area contributed by atoms with Crippen molar-refractivity contribution in [2.45, 2.75) is 6.54 Å². The van der Waals surface area contributed by atoms with Gasteiger partial charge in [-0.05, 0) is 42.0 Å². The number of hydrogen-bond donors (Lipinski definition) is 2. The van der Waals surface area contributed by atoms with Gasteiger partial charge in [0.1, 0.15) is 0 Å². The molecule has 0 atom stereocenters. The van der Waals surface area contributed by atoms with Crippen molar-refractivity contribution < 1.29 is 19.7 Å². The molecule has 132 valence electrons. The van der Waals surface area contributed by atoms with Crippen LogP contribution in [-0.2, 0) is 6.54 Å². The molecule has 0 unspecified atom stereocenters. The first-order valence-corrected chi connectivity index (χ1v) is 7.75. The largest absolute Gasteiger partial charge is 0.504 e. The van der Waals surface area contributed by atoms with Gasteiger partial charge in [-0.3, -0.25) is 4.79 Å². The average molecular weight is 352 g/mol. The number of carboxylic acid groups (broad SMARTS) is 1. The Kier molecular flexibility index (Phi) is 4.70. The van der Waals surface area contributed by atoms with Gasteiger partial charge in [0.05, 0.1) is 24.9 Å². The van der Waals surface area contributed by atoms with Crippen molar-refractivity contribution in [2.24, 2.45) is 0 Å². The van der Waals surface area contributed by atoms with E-state index < -0.39 is 5.97 Å². The van der Waals surface area contributed by atoms with Crippen LogP contribution < -0.4 is 10.3 Å². The minimum atomic E-state index is -1.03. The number of methoxy groups -OCH3 is 1. The highest BCUT2D eigenvalue weighted by Crippen LogP contribution is 2.30. The number of carboxylic acids is 1. The molecule has 1 aromatic heterocycles. The summed E-state index contributed by atoms with van der Waals surface area (Å²) < 4.78 is 6.26. The van der Waals surface area contributed by atoms with Crippen LogP contribution in [0.3, 0.4) is 0 Å². The molecule has 3 aromatic rings. The van der Waals surface area contributed by atoms with E-state index >= 15 is 0 Å². The monoisotopic (exact) mass is 352 g/mol. The van der Waals surface area contributed by atoms with Gasteiger partial charge in [-0.1, -0.05) is 12.1 Å². The number of aromatic hydroxyl groups is 1. The molecule has 0 aliphatic rings. The topological polar surface area (TPSA) is 102 Å². The predicted octanol–water partition coefficient (Wildman–Crippen LogP) is 2.37. The van der Waals surface area contributed by atoms with Crippen LogP contribution in [0.15, 0.2) is 59.4 Å². The van der Waals surface area contributed by atoms with Crippen LogP contribution in [0.2, 0.25) is 0 Å². The molecular formula is C19H16N2O5. The molecule has 0 aliphatic heterocycles. The Labute approximate surface area is 148 Å². The van der Waals surface area contributed by atoms with Gasteiger partial charge in [-0.2, -0.15) is 5.10 Å². The number of rotatable bonds is 5. The Balaban J connectivity index is 1.96. The van der Waals surface area contributed by atoms with Gasteiger partial charge in [-0.25, -0.2) is 9.48 Å². The third kappa shape index (κ3) is 3.56. The van der Waals surface area contributed by atoms with Gasteiger partial charge in [0, 0.05) is 11.6 Å². The first-order valence-electron chi connectivity index (χ1n) is 7.75. The first kappa shape index (κ1) is 17.2. The molecule has 0 aliphatic carbocycles. The van der Waals surface area contributed by atoms with Crippen LogP contribution in [0.1, 0.15) is 15.9 Å². The summed E-state index contributed by atoms with van der Waals surface area (Å²) in [7, 11) is 1.46. The maximum atomic E-state index is 12.1. The lowest BCUT2D eigenvalue weighted by Gasteiger charge is -2.09. The fraction of sp³-hybridized carbons (Fsp3) is 0.105. The number of phenolic OH excluding ortho intramolecular Hbond substituents is 1. The highest BCUT2D eigenvalue weighted by Gasteiger charge is 2.09. The zero-order valence-corrected chi connectivity index (χ0v) is 13.9. The smallest absolute Gasteiger partial charge is 0.335 e. The van der Waals surface area contributed by atoms with Gasteiger partial charge in [0.15, 0.2) is 11.5 Å². The number of carbonyl (C=O) groups is 1. The molecule has 0 radical (unpaired) electrons. The molecule has 0 saturated heterocycles. The lowest BCUT2D eigenvalue weighted by molar-refractivity contribution is 0.0696. The van der Waals surface area contributed by atoms with Crippen molar-refractivity contribution in [3.05, 3.63) is 76.1 Å². The maximum absolute atomic E-state index is 12.1. The third-order valence-electron chi connectivity index (χ3n) is 3.85. The van der Waals surface area contributed by atoms with Crippen molar-refractivity contribution in [3.63, 3.8) is 0 Å². The summed E-state index contributed by atoms with van der Waals surface area (Å²) in [6.07, 6.45) is 0. The number of hydrogen-bond acceptors (Lipinski definition) is 5. The lowest BCUT2D eigenvalue weighted by Crippen LogP contribution is -2.23. The number of aromatic carboxylic acids is 1. The van der Waals surface area contributed by atoms with Crippen LogP contribution in [0, 0.1) is 0 Å². The summed E-state index contributed by atoms with van der Waals surface area (Å²) in [4.78, 5) is 23.2. The van der Waals surface area contributed by atoms with Crippen molar-refractivity contribution in [3.8, 4) is 22.8 Å². The zero-order chi connectivity index (χ0) is 18.7. The van der Waals surface area contributed by atoms with E-state index in [0.717, 1.165) is 0 Å². The van der Waals surface area contributed by atoms with Gasteiger partial charge < -0.3 is 14.9 Å². The second-order valence-corrected chi connectivity index (χ2v) is 5.61. The number of benzene rings is 2. The van der Waals surface area contributed by atoms with Gasteiger partial charge >= 0.3 is 5.97 Å². The van der Waals surface area contributed by atoms with Crippen molar-refractivity contribution in [2.75, 3.05) is 7.11 Å². The van der Waals surface area contributed by atoms with Gasteiger partial charge in [-0.15, -0.1) is 0 Å². The molecule has 0 amide bonds. The second-order valence-electron chi connectivity index (χ2n) is 5.61. The van der Waals surface area contributed by atoms with E-state index in [4.69, 9.17) is 9.84 Å². The van der Waals surface area contributed by atoms with Crippen LogP contribution in [0.5, 0.6) is 11.5 Å². The summed E-state index contributed by atoms with van der Waals surface area (Å²) in [5.41, 5.74) is 1.60. The van der Waals surface area contributed by atoms with E-state index in [1.807, 2.05) is 0 Å². The molecule has 26 heavy (non-hydrogen) atoms. The van der Waals surface area contributed by atoms with Crippen LogP contribution in [0.25, 0.3) is 11.3 Å². The Morgan fingerprint density at radius 2 is 1.96 bits per heavy atom. The van der Waals surface area contributed by atoms with Crippen molar-refractivity contribution >= 4 is 5.97 Å². The molecule has 7 nitrogen and oxygen atoms in total. The molecule has 0 bridgehead atoms. The molecule has 2 N–H and O–H groups in total. The second kappa shape index (κ2) is 7.10. The average Bonchev–Trinajstić information content (AvgIpc) is 2.63. The lowest BCUT2D eigenvalue weighted by atomic mass is 10.1. The number of phenols is 1. The molecule has 2 aromatic carbocycles. The maximum Gasteiger partial charge on any atom is 0.335 e. The van der Waals surface area contributed by atoms with Gasteiger partial charge in [0.2, 0.25) is 0 Å². The highest BCUT2D eigenvalue weighted by atomic mass is 16.5. The highest BCUT2D eigenvalue weighted by molar-refractivity contribution is 5.87. The zero-order valence-electron chi connectivity index (χ0n) is 13.9. The fourth-order valence-corrected chi connectivity index (χ4v) is 2.54. The molecule has 0 saturated carbocycles. The number of nitrogens with zero attached hydrogens (tertiary/aromatic N) is 2. The Bertz CT molecular complexity index is 1030. The van der Waals surface area contributed by atoms with E-state index in [-0.39, 0.29) is 23.4 Å². The minimum Gasteiger partial charge on any atom is -0.504 e. The molecule has 0 fully saturated rings. The number of aromatic nitrogens is 2. The summed E-state index contributed by atoms with van der Waals surface area (Å²) >= 11 is 0. The fourth-order valence-electron chi connectivity index (χ4n) is 2.54. The molecule has 3 rings (SSSR count). The Morgan fingerprint density at radius 1 is 1.15 bits per heavy atom. The summed E-state index contributed by atoms with van der Waals surface area (Å²) in [6.45, 7) is 0.135. The summed E-state index contributed by atoms with van der Waals surface area (Å²) in [6, 6.07) is 14.1. The molecule has 1 heterocycles. The predicted molar refractivity (Wildman–Crippen MR) is 94.7 cm³/mol. The van der Waals surface area contributed by atoms with E-state index in [0.29, 0.717) is 22.6 Å². The minimum absolute atomic E-state index is 0.0290. The van der Waals surface area contributed by atoms with Crippen LogP contribution >= 0.6 is 0 Å². The van der Waals surface area contributed by atoms with Crippen LogP contribution in [-0.4, -0.2) is 33.1 Å². The summed E-state index contributed by atoms with van der Waals surface area (Å²) in [5.74, 6) is -0.721. The molecule has 0 spiro atoms. The normalized spacial score (nSPS) is 10.5. The molecular weight excluding hydrogens is 336 g/mol. The Morgan fingerprint density at radius 3 is 2.65 bits per heavy atom. The van der Waals surface area contributed by atoms with E-state index in [1.165, 1.54) is 36.1 Å². The quantitative estimate of drug-likeness (QED) is 0.731. The van der Waals surface area contributed by atoms with E-state index in [9.17, 15) is 14.7 Å². The van der Waals surface area contributed by atoms with Crippen molar-refractivity contribution in [1.82, 2.24) is 9.78 Å². The van der Waals surface area contributed by atoms with E-state index in [2.05, 4.69) is 5.10 Å². The first-order chi connectivity index (χ1) is 12.5. The SMILES string of the molecule is COc1ccc(-c2ccc(=O)n(Cc3cccc(C(=O)O)c3)n2)cc1O. The van der Waals surface area contributed by atoms with Gasteiger partial charge in [0.25, 0.3) is 5.56 Å². The van der Waals surface area contributed by atoms with E-state index in [1.54, 1.807) is 30.3 Å². The number of ether oxygens (including phenoxy) is 1. The third-order valence-corrected chi connectivity index (χ3v) is 3.85. The van der Waals surface area contributed by atoms with Crippen molar-refractivity contribution in [1.29, 1.82) is 0 Å². The summed E-state index contributed by atoms with van der Waals surface area (Å²) in [5, 5.41) is 23.3. The standard InChI is InChI=1S/C19H16N2O5/c1-26-17-7-5-13(10-16(17)22)15-6-8-18(23)21(20-15)11-12-3-2-4-14(9-12)19(24)25/h2-10,22H,11H2,1H3,(H,24,25). The Hall–Kier alpha value is -3.61. The molecule has 7 heteroatoms.